The van der Waals surface area contributed by atoms with Crippen molar-refractivity contribution >= 4 is 39.2 Å². The summed E-state index contributed by atoms with van der Waals surface area (Å²) in [5.74, 6) is -0.615. The lowest BCUT2D eigenvalue weighted by molar-refractivity contribution is -0.135. The van der Waals surface area contributed by atoms with E-state index in [1.807, 2.05) is 12.3 Å². The number of carbonyl (C=O) groups is 2. The molecule has 4 rings (SSSR count). The number of thiazole rings is 1. The number of aromatic nitrogens is 3. The topological polar surface area (TPSA) is 117 Å². The average Bonchev–Trinajstić information content (AvgIpc) is 3.15. The number of aryl methyl sites for hydroxylation is 1. The van der Waals surface area contributed by atoms with Crippen LogP contribution in [0.1, 0.15) is 18.5 Å². The Kier molecular flexibility index (Phi) is 5.49. The maximum absolute atomic E-state index is 12.7. The van der Waals surface area contributed by atoms with Crippen LogP contribution in [0, 0.1) is 12.8 Å². The van der Waals surface area contributed by atoms with Crippen molar-refractivity contribution in [3.8, 4) is 0 Å². The number of anilines is 1. The number of hydrogen-bond donors (Lipinski definition) is 2. The predicted octanol–water partition coefficient (Wildman–Crippen LogP) is 1.33. The quantitative estimate of drug-likeness (QED) is 0.652. The Balaban J connectivity index is 1.39. The molecule has 1 saturated heterocycles. The number of nitrogens with zero attached hydrogens (tertiary/aromatic N) is 3. The van der Waals surface area contributed by atoms with E-state index in [-0.39, 0.29) is 24.3 Å². The minimum Gasteiger partial charge on any atom is -0.341 e. The fourth-order valence-electron chi connectivity index (χ4n) is 3.59. The number of fused-ring (bicyclic) bond motifs is 1. The average molecular weight is 427 g/mol. The molecule has 1 aromatic carbocycles. The molecule has 0 spiro atoms. The van der Waals surface area contributed by atoms with Crippen molar-refractivity contribution in [2.75, 3.05) is 18.4 Å². The molecule has 156 valence electrons. The number of hydrogen-bond acceptors (Lipinski definition) is 6. The maximum atomic E-state index is 12.7. The third kappa shape index (κ3) is 4.04. The molecule has 0 atom stereocenters. The predicted molar refractivity (Wildman–Crippen MR) is 114 cm³/mol. The van der Waals surface area contributed by atoms with Gasteiger partial charge in [-0.15, -0.1) is 11.3 Å². The molecular formula is C20H21N5O4S. The first-order chi connectivity index (χ1) is 14.4. The number of benzene rings is 1. The molecule has 9 nitrogen and oxygen atoms in total. The number of amides is 2. The SMILES string of the molecule is Cc1csc(NC(=O)C2CCN(C(=O)Cn3c(=O)[nH]c4ccccc4c3=O)CC2)n1. The summed E-state index contributed by atoms with van der Waals surface area (Å²) >= 11 is 1.38. The summed E-state index contributed by atoms with van der Waals surface area (Å²) < 4.78 is 0.925. The number of carbonyl (C=O) groups excluding carboxylic acids is 2. The molecule has 2 N–H and O–H groups in total. The van der Waals surface area contributed by atoms with E-state index in [9.17, 15) is 19.2 Å². The highest BCUT2D eigenvalue weighted by Gasteiger charge is 2.28. The lowest BCUT2D eigenvalue weighted by atomic mass is 9.96. The van der Waals surface area contributed by atoms with Gasteiger partial charge in [-0.2, -0.15) is 0 Å². The number of nitrogens with one attached hydrogen (secondary N) is 2. The number of rotatable bonds is 4. The molecule has 3 aromatic rings. The Morgan fingerprint density at radius 1 is 1.23 bits per heavy atom. The summed E-state index contributed by atoms with van der Waals surface area (Å²) in [7, 11) is 0. The van der Waals surface area contributed by atoms with E-state index in [4.69, 9.17) is 0 Å². The summed E-state index contributed by atoms with van der Waals surface area (Å²) in [4.78, 5) is 58.4. The largest absolute Gasteiger partial charge is 0.341 e. The molecular weight excluding hydrogens is 406 g/mol. The Labute approximate surface area is 175 Å². The molecule has 3 heterocycles. The van der Waals surface area contributed by atoms with Crippen LogP contribution < -0.4 is 16.6 Å². The van der Waals surface area contributed by atoms with Crippen LogP contribution in [0.4, 0.5) is 5.13 Å². The van der Waals surface area contributed by atoms with Gasteiger partial charge in [0.15, 0.2) is 5.13 Å². The van der Waals surface area contributed by atoms with Crippen LogP contribution in [0.5, 0.6) is 0 Å². The summed E-state index contributed by atoms with van der Waals surface area (Å²) in [5, 5.41) is 5.62. The third-order valence-corrected chi connectivity index (χ3v) is 6.13. The Morgan fingerprint density at radius 2 is 1.97 bits per heavy atom. The van der Waals surface area contributed by atoms with E-state index in [1.54, 1.807) is 29.2 Å². The Bertz CT molecular complexity index is 1220. The Hall–Kier alpha value is -3.27. The molecule has 0 saturated carbocycles. The van der Waals surface area contributed by atoms with Crippen LogP contribution in [0.3, 0.4) is 0 Å². The van der Waals surface area contributed by atoms with E-state index >= 15 is 0 Å². The van der Waals surface area contributed by atoms with Crippen LogP contribution in [-0.4, -0.2) is 44.3 Å². The van der Waals surface area contributed by atoms with Gasteiger partial charge >= 0.3 is 5.69 Å². The number of aromatic amines is 1. The van der Waals surface area contributed by atoms with E-state index in [2.05, 4.69) is 15.3 Å². The molecule has 0 unspecified atom stereocenters. The van der Waals surface area contributed by atoms with Crippen molar-refractivity contribution in [1.29, 1.82) is 0 Å². The highest BCUT2D eigenvalue weighted by Crippen LogP contribution is 2.21. The molecule has 0 aliphatic carbocycles. The smallest absolute Gasteiger partial charge is 0.329 e. The fraction of sp³-hybridized carbons (Fsp3) is 0.350. The first kappa shape index (κ1) is 20.0. The second-order valence-electron chi connectivity index (χ2n) is 7.31. The number of H-pyrrole nitrogens is 1. The van der Waals surface area contributed by atoms with Gasteiger partial charge in [-0.25, -0.2) is 9.78 Å². The van der Waals surface area contributed by atoms with Crippen LogP contribution >= 0.6 is 11.3 Å². The first-order valence-electron chi connectivity index (χ1n) is 9.65. The Morgan fingerprint density at radius 3 is 2.67 bits per heavy atom. The standard InChI is InChI=1S/C20H21N5O4S/c1-12-11-30-19(21-12)23-17(27)13-6-8-24(9-7-13)16(26)10-25-18(28)14-4-2-3-5-15(14)22-20(25)29/h2-5,11,13H,6-10H2,1H3,(H,22,29)(H,21,23,27). The molecule has 0 radical (unpaired) electrons. The van der Waals surface area contributed by atoms with Crippen LogP contribution in [0.25, 0.3) is 10.9 Å². The zero-order valence-electron chi connectivity index (χ0n) is 16.4. The minimum atomic E-state index is -0.611. The van der Waals surface area contributed by atoms with Gasteiger partial charge in [0.05, 0.1) is 16.6 Å². The van der Waals surface area contributed by atoms with Crippen molar-refractivity contribution < 1.29 is 9.59 Å². The van der Waals surface area contributed by atoms with E-state index in [0.29, 0.717) is 42.0 Å². The van der Waals surface area contributed by atoms with Gasteiger partial charge in [0.2, 0.25) is 11.8 Å². The molecule has 2 aromatic heterocycles. The van der Waals surface area contributed by atoms with Crippen molar-refractivity contribution in [1.82, 2.24) is 19.4 Å². The van der Waals surface area contributed by atoms with Crippen molar-refractivity contribution in [3.05, 3.63) is 56.2 Å². The second-order valence-corrected chi connectivity index (χ2v) is 8.16. The van der Waals surface area contributed by atoms with Crippen molar-refractivity contribution in [2.24, 2.45) is 5.92 Å². The van der Waals surface area contributed by atoms with Gasteiger partial charge < -0.3 is 15.2 Å². The van der Waals surface area contributed by atoms with Gasteiger partial charge in [-0.1, -0.05) is 12.1 Å². The normalized spacial score (nSPS) is 14.8. The van der Waals surface area contributed by atoms with E-state index in [0.717, 1.165) is 10.3 Å². The van der Waals surface area contributed by atoms with Gasteiger partial charge in [-0.05, 0) is 31.9 Å². The molecule has 1 aliphatic rings. The van der Waals surface area contributed by atoms with Crippen molar-refractivity contribution in [3.63, 3.8) is 0 Å². The summed E-state index contributed by atoms with van der Waals surface area (Å²) in [6, 6.07) is 6.69. The lowest BCUT2D eigenvalue weighted by Crippen LogP contribution is -2.46. The number of para-hydroxylation sites is 1. The first-order valence-corrected chi connectivity index (χ1v) is 10.5. The maximum Gasteiger partial charge on any atom is 0.329 e. The molecule has 10 heteroatoms. The van der Waals surface area contributed by atoms with Gasteiger partial charge in [-0.3, -0.25) is 19.0 Å². The fourth-order valence-corrected chi connectivity index (χ4v) is 4.28. The van der Waals surface area contributed by atoms with E-state index < -0.39 is 11.2 Å². The third-order valence-electron chi connectivity index (χ3n) is 5.25. The minimum absolute atomic E-state index is 0.0985. The van der Waals surface area contributed by atoms with Gasteiger partial charge in [0.1, 0.15) is 6.54 Å². The van der Waals surface area contributed by atoms with Crippen LogP contribution in [-0.2, 0) is 16.1 Å². The number of likely N-dealkylation sites (tertiary alicyclic amines) is 1. The van der Waals surface area contributed by atoms with Crippen molar-refractivity contribution in [2.45, 2.75) is 26.3 Å². The summed E-state index contributed by atoms with van der Waals surface area (Å²) in [6.45, 7) is 2.33. The van der Waals surface area contributed by atoms with Crippen LogP contribution in [0.2, 0.25) is 0 Å². The highest BCUT2D eigenvalue weighted by molar-refractivity contribution is 7.13. The number of piperidine rings is 1. The van der Waals surface area contributed by atoms with Gasteiger partial charge in [0, 0.05) is 24.4 Å². The van der Waals surface area contributed by atoms with Gasteiger partial charge in [0.25, 0.3) is 5.56 Å². The highest BCUT2D eigenvalue weighted by atomic mass is 32.1. The molecule has 1 fully saturated rings. The van der Waals surface area contributed by atoms with E-state index in [1.165, 1.54) is 11.3 Å². The second kappa shape index (κ2) is 8.23. The summed E-state index contributed by atoms with van der Waals surface area (Å²) in [5.41, 5.74) is 0.198. The lowest BCUT2D eigenvalue weighted by Gasteiger charge is -2.31. The molecule has 1 aliphatic heterocycles. The van der Waals surface area contributed by atoms with Crippen LogP contribution in [0.15, 0.2) is 39.2 Å². The molecule has 0 bridgehead atoms. The molecule has 30 heavy (non-hydrogen) atoms. The monoisotopic (exact) mass is 427 g/mol. The summed E-state index contributed by atoms with van der Waals surface area (Å²) in [6.07, 6.45) is 1.04. The zero-order valence-corrected chi connectivity index (χ0v) is 17.2. The zero-order chi connectivity index (χ0) is 21.3. The molecule has 2 amide bonds.